The summed E-state index contributed by atoms with van der Waals surface area (Å²) in [5.41, 5.74) is 2.54. The Hall–Kier alpha value is -3.75. The molecule has 1 aliphatic rings. The van der Waals surface area contributed by atoms with E-state index in [2.05, 4.69) is 15.5 Å². The number of aryl methyl sites for hydroxylation is 1. The van der Waals surface area contributed by atoms with Crippen molar-refractivity contribution in [1.29, 1.82) is 0 Å². The minimum atomic E-state index is -0.400. The number of rotatable bonds is 7. The minimum Gasteiger partial charge on any atom is -0.379 e. The molecule has 176 valence electrons. The van der Waals surface area contributed by atoms with Crippen LogP contribution in [-0.4, -0.2) is 60.7 Å². The highest BCUT2D eigenvalue weighted by Gasteiger charge is 2.15. The second-order valence-corrected chi connectivity index (χ2v) is 8.17. The van der Waals surface area contributed by atoms with E-state index >= 15 is 0 Å². The maximum absolute atomic E-state index is 13.0. The van der Waals surface area contributed by atoms with E-state index < -0.39 is 11.5 Å². The van der Waals surface area contributed by atoms with E-state index in [1.807, 2.05) is 19.1 Å². The maximum atomic E-state index is 13.0. The van der Waals surface area contributed by atoms with Gasteiger partial charge in [0.05, 0.1) is 13.2 Å². The number of ether oxygens (including phenoxy) is 1. The molecule has 3 aromatic rings. The summed E-state index contributed by atoms with van der Waals surface area (Å²) in [6, 6.07) is 17.4. The minimum absolute atomic E-state index is 0.0845. The molecule has 1 aromatic heterocycles. The van der Waals surface area contributed by atoms with E-state index in [1.165, 1.54) is 10.6 Å². The molecule has 0 bridgehead atoms. The van der Waals surface area contributed by atoms with Crippen molar-refractivity contribution in [1.82, 2.24) is 14.8 Å². The van der Waals surface area contributed by atoms with E-state index in [-0.39, 0.29) is 11.5 Å². The molecular formula is C26H28N4O4. The molecule has 8 heteroatoms. The van der Waals surface area contributed by atoms with Crippen LogP contribution in [0.25, 0.3) is 5.69 Å². The summed E-state index contributed by atoms with van der Waals surface area (Å²) < 4.78 is 6.74. The highest BCUT2D eigenvalue weighted by molar-refractivity contribution is 6.04. The number of pyridine rings is 1. The molecule has 1 fully saturated rings. The summed E-state index contributed by atoms with van der Waals surface area (Å²) in [4.78, 5) is 40.2. The van der Waals surface area contributed by atoms with E-state index in [4.69, 9.17) is 4.74 Å². The van der Waals surface area contributed by atoms with Gasteiger partial charge in [0, 0.05) is 49.3 Å². The van der Waals surface area contributed by atoms with Gasteiger partial charge in [-0.2, -0.15) is 0 Å². The molecule has 0 radical (unpaired) electrons. The highest BCUT2D eigenvalue weighted by Crippen LogP contribution is 2.14. The first-order valence-electron chi connectivity index (χ1n) is 11.3. The van der Waals surface area contributed by atoms with Gasteiger partial charge in [-0.1, -0.05) is 17.7 Å². The molecule has 2 aromatic carbocycles. The number of nitrogens with zero attached hydrogens (tertiary/aromatic N) is 2. The molecule has 4 rings (SSSR count). The van der Waals surface area contributed by atoms with Crippen LogP contribution in [0.4, 0.5) is 5.69 Å². The zero-order valence-electron chi connectivity index (χ0n) is 19.1. The van der Waals surface area contributed by atoms with Crippen LogP contribution < -0.4 is 16.2 Å². The van der Waals surface area contributed by atoms with Gasteiger partial charge >= 0.3 is 0 Å². The summed E-state index contributed by atoms with van der Waals surface area (Å²) in [6.07, 6.45) is 1.62. The number of anilines is 1. The Kier molecular flexibility index (Phi) is 7.51. The molecule has 34 heavy (non-hydrogen) atoms. The summed E-state index contributed by atoms with van der Waals surface area (Å²) in [5, 5.41) is 5.68. The van der Waals surface area contributed by atoms with E-state index in [9.17, 15) is 14.4 Å². The average molecular weight is 461 g/mol. The van der Waals surface area contributed by atoms with Crippen molar-refractivity contribution in [2.45, 2.75) is 6.92 Å². The zero-order valence-corrected chi connectivity index (χ0v) is 19.1. The Morgan fingerprint density at radius 2 is 1.65 bits per heavy atom. The van der Waals surface area contributed by atoms with Crippen LogP contribution in [0.5, 0.6) is 0 Å². The van der Waals surface area contributed by atoms with Crippen molar-refractivity contribution >= 4 is 17.5 Å². The molecule has 0 saturated carbocycles. The Labute approximate surface area is 198 Å². The molecular weight excluding hydrogens is 432 g/mol. The molecule has 1 aliphatic heterocycles. The molecule has 2 N–H and O–H groups in total. The van der Waals surface area contributed by atoms with Gasteiger partial charge in [-0.05, 0) is 55.5 Å². The molecule has 0 atom stereocenters. The standard InChI is InChI=1S/C26H28N4O4/c1-19-4-6-20(7-5-19)24(31)28-21-8-10-22(11-9-21)30-13-2-3-23(26(30)33)25(32)27-12-14-29-15-17-34-18-16-29/h2-11,13H,12,14-18H2,1H3,(H,27,32)(H,28,31). The fraction of sp³-hybridized carbons (Fsp3) is 0.269. The first-order valence-corrected chi connectivity index (χ1v) is 11.3. The van der Waals surface area contributed by atoms with Crippen molar-refractivity contribution < 1.29 is 14.3 Å². The predicted octanol–water partition coefficient (Wildman–Crippen LogP) is 2.46. The Morgan fingerprint density at radius 3 is 2.35 bits per heavy atom. The van der Waals surface area contributed by atoms with Crippen molar-refractivity contribution in [2.24, 2.45) is 0 Å². The summed E-state index contributed by atoms with van der Waals surface area (Å²) in [7, 11) is 0. The molecule has 0 spiro atoms. The first kappa shape index (κ1) is 23.4. The maximum Gasteiger partial charge on any atom is 0.267 e. The molecule has 2 heterocycles. The largest absolute Gasteiger partial charge is 0.379 e. The Morgan fingerprint density at radius 1 is 0.941 bits per heavy atom. The van der Waals surface area contributed by atoms with Gasteiger partial charge in [0.15, 0.2) is 0 Å². The lowest BCUT2D eigenvalue weighted by Crippen LogP contribution is -2.42. The lowest BCUT2D eigenvalue weighted by Gasteiger charge is -2.26. The van der Waals surface area contributed by atoms with Crippen LogP contribution in [0.1, 0.15) is 26.3 Å². The van der Waals surface area contributed by atoms with Gasteiger partial charge in [0.2, 0.25) is 0 Å². The molecule has 0 unspecified atom stereocenters. The van der Waals surface area contributed by atoms with Gasteiger partial charge in [0.1, 0.15) is 5.56 Å². The second kappa shape index (κ2) is 10.9. The Balaban J connectivity index is 1.40. The lowest BCUT2D eigenvalue weighted by atomic mass is 10.1. The molecule has 8 nitrogen and oxygen atoms in total. The zero-order chi connectivity index (χ0) is 23.9. The quantitative estimate of drug-likeness (QED) is 0.565. The molecule has 0 aliphatic carbocycles. The summed E-state index contributed by atoms with van der Waals surface area (Å²) in [5.74, 6) is -0.602. The average Bonchev–Trinajstić information content (AvgIpc) is 2.86. The lowest BCUT2D eigenvalue weighted by molar-refractivity contribution is 0.0383. The fourth-order valence-electron chi connectivity index (χ4n) is 3.73. The molecule has 1 saturated heterocycles. The van der Waals surface area contributed by atoms with Crippen LogP contribution in [0.15, 0.2) is 71.7 Å². The number of nitrogens with one attached hydrogen (secondary N) is 2. The van der Waals surface area contributed by atoms with E-state index in [0.29, 0.717) is 43.2 Å². The number of hydrogen-bond acceptors (Lipinski definition) is 5. The summed E-state index contributed by atoms with van der Waals surface area (Å²) >= 11 is 0. The van der Waals surface area contributed by atoms with Crippen LogP contribution in [0.3, 0.4) is 0 Å². The predicted molar refractivity (Wildman–Crippen MR) is 131 cm³/mol. The van der Waals surface area contributed by atoms with E-state index in [0.717, 1.165) is 18.7 Å². The normalized spacial score (nSPS) is 13.9. The van der Waals surface area contributed by atoms with Gasteiger partial charge in [-0.3, -0.25) is 23.9 Å². The first-order chi connectivity index (χ1) is 16.5. The number of carbonyl (C=O) groups is 2. The number of morpholine rings is 1. The highest BCUT2D eigenvalue weighted by atomic mass is 16.5. The van der Waals surface area contributed by atoms with Crippen LogP contribution in [-0.2, 0) is 4.74 Å². The van der Waals surface area contributed by atoms with Crippen molar-refractivity contribution in [3.63, 3.8) is 0 Å². The third-order valence-corrected chi connectivity index (χ3v) is 5.73. The monoisotopic (exact) mass is 460 g/mol. The van der Waals surface area contributed by atoms with Crippen LogP contribution in [0.2, 0.25) is 0 Å². The topological polar surface area (TPSA) is 92.7 Å². The second-order valence-electron chi connectivity index (χ2n) is 8.17. The number of amides is 2. The fourth-order valence-corrected chi connectivity index (χ4v) is 3.73. The smallest absolute Gasteiger partial charge is 0.267 e. The van der Waals surface area contributed by atoms with Crippen LogP contribution >= 0.6 is 0 Å². The van der Waals surface area contributed by atoms with Gasteiger partial charge < -0.3 is 15.4 Å². The van der Waals surface area contributed by atoms with E-state index in [1.54, 1.807) is 48.7 Å². The van der Waals surface area contributed by atoms with Gasteiger partial charge in [-0.15, -0.1) is 0 Å². The van der Waals surface area contributed by atoms with Crippen molar-refractivity contribution in [3.8, 4) is 5.69 Å². The van der Waals surface area contributed by atoms with Crippen LogP contribution in [0, 0.1) is 6.92 Å². The van der Waals surface area contributed by atoms with Crippen molar-refractivity contribution in [3.05, 3.63) is 93.9 Å². The number of aromatic nitrogens is 1. The third kappa shape index (κ3) is 5.78. The van der Waals surface area contributed by atoms with Gasteiger partial charge in [-0.25, -0.2) is 0 Å². The Bertz CT molecular complexity index is 1200. The number of benzene rings is 2. The SMILES string of the molecule is Cc1ccc(C(=O)Nc2ccc(-n3cccc(C(=O)NCCN4CCOCC4)c3=O)cc2)cc1. The summed E-state index contributed by atoms with van der Waals surface area (Å²) in [6.45, 7) is 6.23. The van der Waals surface area contributed by atoms with Gasteiger partial charge in [0.25, 0.3) is 17.4 Å². The third-order valence-electron chi connectivity index (χ3n) is 5.73. The number of carbonyl (C=O) groups excluding carboxylic acids is 2. The number of hydrogen-bond donors (Lipinski definition) is 2. The molecule has 2 amide bonds. The van der Waals surface area contributed by atoms with Crippen molar-refractivity contribution in [2.75, 3.05) is 44.7 Å².